The standard InChI is InChI=1S/C19H21ClN2O3/c1-12(16(23)24-18(2,3)4)11-15-21-17(22-25-15)19(9-10-19)13-7-5-6-8-14(13)20/h5-8H,1,9-11H2,2-4H3. The molecule has 0 amide bonds. The summed E-state index contributed by atoms with van der Waals surface area (Å²) < 4.78 is 10.6. The van der Waals surface area contributed by atoms with E-state index in [1.54, 1.807) is 0 Å². The first-order valence-corrected chi connectivity index (χ1v) is 8.58. The molecule has 0 N–H and O–H groups in total. The van der Waals surface area contributed by atoms with Gasteiger partial charge >= 0.3 is 5.97 Å². The van der Waals surface area contributed by atoms with Gasteiger partial charge in [0.15, 0.2) is 5.82 Å². The molecule has 0 aliphatic heterocycles. The number of ether oxygens (including phenoxy) is 1. The van der Waals surface area contributed by atoms with Gasteiger partial charge < -0.3 is 9.26 Å². The summed E-state index contributed by atoms with van der Waals surface area (Å²) in [6.07, 6.45) is 2.01. The first-order chi connectivity index (χ1) is 11.7. The normalized spacial score (nSPS) is 15.7. The van der Waals surface area contributed by atoms with Crippen LogP contribution in [0.25, 0.3) is 0 Å². The van der Waals surface area contributed by atoms with Crippen LogP contribution in [0.2, 0.25) is 5.02 Å². The fourth-order valence-corrected chi connectivity index (χ4v) is 3.03. The predicted molar refractivity (Wildman–Crippen MR) is 94.5 cm³/mol. The Morgan fingerprint density at radius 3 is 2.64 bits per heavy atom. The van der Waals surface area contributed by atoms with Crippen LogP contribution in [0.3, 0.4) is 0 Å². The van der Waals surface area contributed by atoms with E-state index in [4.69, 9.17) is 20.9 Å². The summed E-state index contributed by atoms with van der Waals surface area (Å²) in [5.41, 5.74) is 0.442. The molecule has 1 aliphatic carbocycles. The Morgan fingerprint density at radius 1 is 1.36 bits per heavy atom. The van der Waals surface area contributed by atoms with E-state index in [9.17, 15) is 4.79 Å². The smallest absolute Gasteiger partial charge is 0.334 e. The molecule has 5 nitrogen and oxygen atoms in total. The van der Waals surface area contributed by atoms with Gasteiger partial charge in [-0.25, -0.2) is 4.79 Å². The highest BCUT2D eigenvalue weighted by atomic mass is 35.5. The fourth-order valence-electron chi connectivity index (χ4n) is 2.71. The van der Waals surface area contributed by atoms with E-state index in [2.05, 4.69) is 16.7 Å². The number of nitrogens with zero attached hydrogens (tertiary/aromatic N) is 2. The molecule has 25 heavy (non-hydrogen) atoms. The topological polar surface area (TPSA) is 65.2 Å². The van der Waals surface area contributed by atoms with Gasteiger partial charge in [0.05, 0.1) is 11.8 Å². The van der Waals surface area contributed by atoms with Gasteiger partial charge in [-0.3, -0.25) is 0 Å². The van der Waals surface area contributed by atoms with Crippen molar-refractivity contribution in [3.8, 4) is 0 Å². The third-order valence-corrected chi connectivity index (χ3v) is 4.42. The third kappa shape index (κ3) is 3.76. The van der Waals surface area contributed by atoms with Crippen molar-refractivity contribution in [2.75, 3.05) is 0 Å². The molecule has 132 valence electrons. The van der Waals surface area contributed by atoms with Gasteiger partial charge in [-0.15, -0.1) is 0 Å². The molecular weight excluding hydrogens is 340 g/mol. The number of halogens is 1. The maximum Gasteiger partial charge on any atom is 0.334 e. The van der Waals surface area contributed by atoms with E-state index < -0.39 is 11.6 Å². The number of hydrogen-bond donors (Lipinski definition) is 0. The van der Waals surface area contributed by atoms with Crippen LogP contribution >= 0.6 is 11.6 Å². The highest BCUT2D eigenvalue weighted by molar-refractivity contribution is 6.31. The summed E-state index contributed by atoms with van der Waals surface area (Å²) in [6, 6.07) is 7.70. The minimum absolute atomic E-state index is 0.167. The second-order valence-electron chi connectivity index (χ2n) is 7.36. The second-order valence-corrected chi connectivity index (χ2v) is 7.76. The maximum absolute atomic E-state index is 12.0. The maximum atomic E-state index is 12.0. The van der Waals surface area contributed by atoms with Crippen molar-refractivity contribution in [2.45, 2.75) is 51.0 Å². The van der Waals surface area contributed by atoms with Gasteiger partial charge in [-0.2, -0.15) is 4.98 Å². The Kier molecular flexibility index (Phi) is 4.45. The molecule has 1 saturated carbocycles. The van der Waals surface area contributed by atoms with Crippen molar-refractivity contribution in [1.82, 2.24) is 10.1 Å². The summed E-state index contributed by atoms with van der Waals surface area (Å²) in [7, 11) is 0. The zero-order valence-corrected chi connectivity index (χ0v) is 15.4. The number of rotatable bonds is 5. The molecule has 0 saturated heterocycles. The van der Waals surface area contributed by atoms with Crippen LogP contribution in [0.15, 0.2) is 40.9 Å². The van der Waals surface area contributed by atoms with Gasteiger partial charge in [-0.05, 0) is 45.2 Å². The number of aromatic nitrogens is 2. The predicted octanol–water partition coefficient (Wildman–Crippen LogP) is 4.24. The molecule has 0 bridgehead atoms. The van der Waals surface area contributed by atoms with E-state index in [0.717, 1.165) is 18.4 Å². The number of carbonyl (C=O) groups is 1. The largest absolute Gasteiger partial charge is 0.457 e. The molecule has 0 unspecified atom stereocenters. The van der Waals surface area contributed by atoms with Crippen LogP contribution in [-0.2, 0) is 21.4 Å². The van der Waals surface area contributed by atoms with Crippen molar-refractivity contribution in [3.05, 3.63) is 58.7 Å². The van der Waals surface area contributed by atoms with Crippen molar-refractivity contribution in [3.63, 3.8) is 0 Å². The van der Waals surface area contributed by atoms with Gasteiger partial charge in [0, 0.05) is 10.6 Å². The van der Waals surface area contributed by atoms with E-state index in [0.29, 0.717) is 16.7 Å². The highest BCUT2D eigenvalue weighted by Gasteiger charge is 2.51. The number of benzene rings is 1. The molecule has 2 aromatic rings. The SMILES string of the molecule is C=C(Cc1nc(C2(c3ccccc3Cl)CC2)no1)C(=O)OC(C)(C)C. The minimum atomic E-state index is -0.567. The van der Waals surface area contributed by atoms with Crippen molar-refractivity contribution < 1.29 is 14.1 Å². The monoisotopic (exact) mass is 360 g/mol. The van der Waals surface area contributed by atoms with Gasteiger partial charge in [0.25, 0.3) is 0 Å². The zero-order chi connectivity index (χ0) is 18.2. The summed E-state index contributed by atoms with van der Waals surface area (Å²) in [5.74, 6) is 0.497. The zero-order valence-electron chi connectivity index (χ0n) is 14.6. The van der Waals surface area contributed by atoms with Crippen LogP contribution < -0.4 is 0 Å². The van der Waals surface area contributed by atoms with E-state index in [-0.39, 0.29) is 17.4 Å². The van der Waals surface area contributed by atoms with Crippen LogP contribution in [-0.4, -0.2) is 21.7 Å². The Hall–Kier alpha value is -2.14. The lowest BCUT2D eigenvalue weighted by atomic mass is 9.95. The molecule has 1 fully saturated rings. The van der Waals surface area contributed by atoms with Crippen LogP contribution in [0.5, 0.6) is 0 Å². The molecule has 1 aliphatic rings. The lowest BCUT2D eigenvalue weighted by molar-refractivity contribution is -0.150. The van der Waals surface area contributed by atoms with Crippen LogP contribution in [0.4, 0.5) is 0 Å². The molecule has 0 atom stereocenters. The fraction of sp³-hybridized carbons (Fsp3) is 0.421. The number of esters is 1. The minimum Gasteiger partial charge on any atom is -0.457 e. The molecule has 0 radical (unpaired) electrons. The van der Waals surface area contributed by atoms with Gasteiger partial charge in [0.1, 0.15) is 5.60 Å². The number of hydrogen-bond acceptors (Lipinski definition) is 5. The third-order valence-electron chi connectivity index (χ3n) is 4.09. The van der Waals surface area contributed by atoms with Gasteiger partial charge in [0.2, 0.25) is 5.89 Å². The average Bonchev–Trinajstić information content (AvgIpc) is 3.19. The molecular formula is C19H21ClN2O3. The molecule has 6 heteroatoms. The highest BCUT2D eigenvalue weighted by Crippen LogP contribution is 2.54. The van der Waals surface area contributed by atoms with E-state index >= 15 is 0 Å². The Morgan fingerprint density at radius 2 is 2.04 bits per heavy atom. The molecule has 1 aromatic heterocycles. The number of carbonyl (C=O) groups excluding carboxylic acids is 1. The first-order valence-electron chi connectivity index (χ1n) is 8.20. The first kappa shape index (κ1) is 17.7. The van der Waals surface area contributed by atoms with E-state index in [1.807, 2.05) is 45.0 Å². The van der Waals surface area contributed by atoms with Crippen molar-refractivity contribution >= 4 is 17.6 Å². The summed E-state index contributed by atoms with van der Waals surface area (Å²) in [6.45, 7) is 9.20. The second kappa shape index (κ2) is 6.30. The van der Waals surface area contributed by atoms with Crippen LogP contribution in [0.1, 0.15) is 50.9 Å². The Bertz CT molecular complexity index is 816. The Balaban J connectivity index is 1.74. The van der Waals surface area contributed by atoms with Crippen molar-refractivity contribution in [2.24, 2.45) is 0 Å². The quantitative estimate of drug-likeness (QED) is 0.589. The Labute approximate surface area is 152 Å². The van der Waals surface area contributed by atoms with E-state index in [1.165, 1.54) is 0 Å². The lowest BCUT2D eigenvalue weighted by Gasteiger charge is -2.19. The van der Waals surface area contributed by atoms with Crippen LogP contribution in [0, 0.1) is 0 Å². The molecule has 1 heterocycles. The molecule has 3 rings (SSSR count). The summed E-state index contributed by atoms with van der Waals surface area (Å²) >= 11 is 6.33. The van der Waals surface area contributed by atoms with Crippen molar-refractivity contribution in [1.29, 1.82) is 0 Å². The lowest BCUT2D eigenvalue weighted by Crippen LogP contribution is -2.25. The molecule has 0 spiro atoms. The molecule has 1 aromatic carbocycles. The van der Waals surface area contributed by atoms with Gasteiger partial charge in [-0.1, -0.05) is 41.5 Å². The summed E-state index contributed by atoms with van der Waals surface area (Å²) in [4.78, 5) is 16.5. The average molecular weight is 361 g/mol. The summed E-state index contributed by atoms with van der Waals surface area (Å²) in [5, 5.41) is 4.82.